The number of rotatable bonds is 5. The van der Waals surface area contributed by atoms with Crippen molar-refractivity contribution < 1.29 is 9.18 Å². The van der Waals surface area contributed by atoms with Crippen LogP contribution in [-0.4, -0.2) is 27.6 Å². The summed E-state index contributed by atoms with van der Waals surface area (Å²) in [7, 11) is 0. The molecule has 0 aliphatic carbocycles. The van der Waals surface area contributed by atoms with Gasteiger partial charge in [0.25, 0.3) is 5.91 Å². The van der Waals surface area contributed by atoms with E-state index in [9.17, 15) is 9.18 Å². The van der Waals surface area contributed by atoms with Crippen LogP contribution in [0.2, 0.25) is 0 Å². The number of hydrogen-bond donors (Lipinski definition) is 3. The van der Waals surface area contributed by atoms with Gasteiger partial charge in [-0.2, -0.15) is 4.98 Å². The van der Waals surface area contributed by atoms with Crippen LogP contribution in [0.5, 0.6) is 0 Å². The van der Waals surface area contributed by atoms with Crippen molar-refractivity contribution in [2.24, 2.45) is 0 Å². The fourth-order valence-electron chi connectivity index (χ4n) is 2.30. The molecular formula is C17H16FN5O. The minimum atomic E-state index is -0.291. The van der Waals surface area contributed by atoms with Crippen LogP contribution < -0.4 is 11.1 Å². The molecule has 1 aromatic heterocycles. The summed E-state index contributed by atoms with van der Waals surface area (Å²) in [4.78, 5) is 16.2. The van der Waals surface area contributed by atoms with Crippen molar-refractivity contribution in [1.82, 2.24) is 20.5 Å². The Hall–Kier alpha value is -3.22. The summed E-state index contributed by atoms with van der Waals surface area (Å²) in [5.41, 5.74) is 7.66. The summed E-state index contributed by atoms with van der Waals surface area (Å²) < 4.78 is 13.0. The van der Waals surface area contributed by atoms with Gasteiger partial charge in [-0.15, -0.1) is 5.10 Å². The van der Waals surface area contributed by atoms with Crippen LogP contribution in [0.3, 0.4) is 0 Å². The number of carbonyl (C=O) groups is 1. The molecule has 0 fully saturated rings. The summed E-state index contributed by atoms with van der Waals surface area (Å²) in [6.07, 6.45) is 0.508. The zero-order valence-corrected chi connectivity index (χ0v) is 12.8. The fourth-order valence-corrected chi connectivity index (χ4v) is 2.30. The second-order valence-corrected chi connectivity index (χ2v) is 5.23. The monoisotopic (exact) mass is 325 g/mol. The highest BCUT2D eigenvalue weighted by molar-refractivity contribution is 5.95. The van der Waals surface area contributed by atoms with Gasteiger partial charge in [-0.3, -0.25) is 9.89 Å². The third-order valence-electron chi connectivity index (χ3n) is 3.50. The van der Waals surface area contributed by atoms with Crippen LogP contribution in [0.15, 0.2) is 48.5 Å². The summed E-state index contributed by atoms with van der Waals surface area (Å²) in [5, 5.41) is 9.23. The van der Waals surface area contributed by atoms with Crippen molar-refractivity contribution in [2.45, 2.75) is 6.42 Å². The number of carbonyl (C=O) groups excluding carboxylic acids is 1. The van der Waals surface area contributed by atoms with Crippen molar-refractivity contribution in [3.8, 4) is 11.1 Å². The second-order valence-electron chi connectivity index (χ2n) is 5.23. The maximum Gasteiger partial charge on any atom is 0.251 e. The Kier molecular flexibility index (Phi) is 4.51. The Morgan fingerprint density at radius 3 is 2.67 bits per heavy atom. The van der Waals surface area contributed by atoms with E-state index < -0.39 is 0 Å². The van der Waals surface area contributed by atoms with Gasteiger partial charge in [-0.05, 0) is 35.4 Å². The third-order valence-corrected chi connectivity index (χ3v) is 3.50. The Morgan fingerprint density at radius 1 is 1.17 bits per heavy atom. The van der Waals surface area contributed by atoms with Crippen molar-refractivity contribution >= 4 is 11.9 Å². The number of aromatic amines is 1. The lowest BCUT2D eigenvalue weighted by atomic mass is 10.0. The van der Waals surface area contributed by atoms with Gasteiger partial charge in [0, 0.05) is 18.5 Å². The molecule has 0 aliphatic heterocycles. The molecule has 0 radical (unpaired) electrons. The molecule has 1 heterocycles. The van der Waals surface area contributed by atoms with Crippen molar-refractivity contribution in [3.63, 3.8) is 0 Å². The number of halogens is 1. The van der Waals surface area contributed by atoms with Gasteiger partial charge < -0.3 is 11.1 Å². The first-order valence-electron chi connectivity index (χ1n) is 7.43. The zero-order chi connectivity index (χ0) is 16.9. The first-order valence-corrected chi connectivity index (χ1v) is 7.43. The molecule has 3 aromatic rings. The van der Waals surface area contributed by atoms with Gasteiger partial charge in [0.05, 0.1) is 0 Å². The number of H-pyrrole nitrogens is 1. The average molecular weight is 325 g/mol. The summed E-state index contributed by atoms with van der Waals surface area (Å²) in [6, 6.07) is 13.3. The topological polar surface area (TPSA) is 96.7 Å². The summed E-state index contributed by atoms with van der Waals surface area (Å²) in [6.45, 7) is 0.411. The van der Waals surface area contributed by atoms with Crippen LogP contribution in [0, 0.1) is 5.82 Å². The number of amides is 1. The molecule has 6 nitrogen and oxygen atoms in total. The SMILES string of the molecule is Nc1n[nH]c(CCNC(=O)c2cccc(-c3ccc(F)cc3)c2)n1. The molecular weight excluding hydrogens is 309 g/mol. The van der Waals surface area contributed by atoms with Crippen molar-refractivity contribution in [2.75, 3.05) is 12.3 Å². The minimum absolute atomic E-state index is 0.184. The fraction of sp³-hybridized carbons (Fsp3) is 0.118. The summed E-state index contributed by atoms with van der Waals surface area (Å²) in [5.74, 6) is 0.323. The molecule has 4 N–H and O–H groups in total. The van der Waals surface area contributed by atoms with E-state index in [2.05, 4.69) is 20.5 Å². The first-order chi connectivity index (χ1) is 11.6. The molecule has 1 amide bonds. The van der Waals surface area contributed by atoms with Gasteiger partial charge in [0.2, 0.25) is 5.95 Å². The van der Waals surface area contributed by atoms with Crippen LogP contribution in [0.1, 0.15) is 16.2 Å². The van der Waals surface area contributed by atoms with E-state index in [0.717, 1.165) is 11.1 Å². The third kappa shape index (κ3) is 3.75. The van der Waals surface area contributed by atoms with Gasteiger partial charge >= 0.3 is 0 Å². The quantitative estimate of drug-likeness (QED) is 0.670. The van der Waals surface area contributed by atoms with E-state index in [1.807, 2.05) is 6.07 Å². The van der Waals surface area contributed by atoms with E-state index in [1.54, 1.807) is 30.3 Å². The highest BCUT2D eigenvalue weighted by Gasteiger charge is 2.08. The maximum absolute atomic E-state index is 13.0. The van der Waals surface area contributed by atoms with Crippen LogP contribution in [0.25, 0.3) is 11.1 Å². The Labute approximate surface area is 137 Å². The van der Waals surface area contributed by atoms with E-state index in [4.69, 9.17) is 5.73 Å². The molecule has 2 aromatic carbocycles. The molecule has 0 saturated carbocycles. The summed E-state index contributed by atoms with van der Waals surface area (Å²) >= 11 is 0. The number of nitrogens with one attached hydrogen (secondary N) is 2. The van der Waals surface area contributed by atoms with Gasteiger partial charge in [0.1, 0.15) is 11.6 Å². The molecule has 0 spiro atoms. The van der Waals surface area contributed by atoms with E-state index in [0.29, 0.717) is 24.4 Å². The Balaban J connectivity index is 1.64. The molecule has 0 saturated heterocycles. The predicted molar refractivity (Wildman–Crippen MR) is 88.7 cm³/mol. The smallest absolute Gasteiger partial charge is 0.251 e. The molecule has 0 bridgehead atoms. The lowest BCUT2D eigenvalue weighted by Crippen LogP contribution is -2.25. The number of nitrogens with zero attached hydrogens (tertiary/aromatic N) is 2. The Bertz CT molecular complexity index is 844. The number of aromatic nitrogens is 3. The van der Waals surface area contributed by atoms with Crippen LogP contribution in [0.4, 0.5) is 10.3 Å². The van der Waals surface area contributed by atoms with E-state index in [-0.39, 0.29) is 17.7 Å². The van der Waals surface area contributed by atoms with E-state index in [1.165, 1.54) is 12.1 Å². The van der Waals surface area contributed by atoms with Crippen molar-refractivity contribution in [3.05, 3.63) is 65.7 Å². The standard InChI is InChI=1S/C17H16FN5O/c18-14-6-4-11(5-7-14)12-2-1-3-13(10-12)16(24)20-9-8-15-21-17(19)23-22-15/h1-7,10H,8-9H2,(H,20,24)(H3,19,21,22,23). The largest absolute Gasteiger partial charge is 0.367 e. The van der Waals surface area contributed by atoms with Crippen molar-refractivity contribution in [1.29, 1.82) is 0 Å². The normalized spacial score (nSPS) is 10.5. The number of nitrogens with two attached hydrogens (primary N) is 1. The molecule has 0 atom stereocenters. The molecule has 7 heteroatoms. The maximum atomic E-state index is 13.0. The van der Waals surface area contributed by atoms with Gasteiger partial charge in [0.15, 0.2) is 0 Å². The first kappa shape index (κ1) is 15.7. The zero-order valence-electron chi connectivity index (χ0n) is 12.8. The average Bonchev–Trinajstić information content (AvgIpc) is 3.01. The van der Waals surface area contributed by atoms with Gasteiger partial charge in [-0.25, -0.2) is 4.39 Å². The molecule has 0 aliphatic rings. The van der Waals surface area contributed by atoms with Gasteiger partial charge in [-0.1, -0.05) is 24.3 Å². The lowest BCUT2D eigenvalue weighted by molar-refractivity contribution is 0.0954. The highest BCUT2D eigenvalue weighted by Crippen LogP contribution is 2.20. The molecule has 0 unspecified atom stereocenters. The van der Waals surface area contributed by atoms with E-state index >= 15 is 0 Å². The van der Waals surface area contributed by atoms with Crippen LogP contribution >= 0.6 is 0 Å². The molecule has 24 heavy (non-hydrogen) atoms. The van der Waals surface area contributed by atoms with Crippen LogP contribution in [-0.2, 0) is 6.42 Å². The Morgan fingerprint density at radius 2 is 1.96 bits per heavy atom. The number of anilines is 1. The number of benzene rings is 2. The minimum Gasteiger partial charge on any atom is -0.367 e. The lowest BCUT2D eigenvalue weighted by Gasteiger charge is -2.07. The number of nitrogen functional groups attached to an aromatic ring is 1. The predicted octanol–water partition coefficient (Wildman–Crippen LogP) is 2.17. The molecule has 122 valence electrons. The molecule has 3 rings (SSSR count). The second kappa shape index (κ2) is 6.91. The highest BCUT2D eigenvalue weighted by atomic mass is 19.1. The number of hydrogen-bond acceptors (Lipinski definition) is 4.